The molecule has 0 aliphatic heterocycles. The van der Waals surface area contributed by atoms with Crippen molar-refractivity contribution in [3.63, 3.8) is 0 Å². The van der Waals surface area contributed by atoms with E-state index in [-0.39, 0.29) is 12.3 Å². The second-order valence-electron chi connectivity index (χ2n) is 2.55. The number of benzene rings is 1. The van der Waals surface area contributed by atoms with Crippen molar-refractivity contribution < 1.29 is 14.0 Å². The summed E-state index contributed by atoms with van der Waals surface area (Å²) in [6.45, 7) is 0. The van der Waals surface area contributed by atoms with Gasteiger partial charge in [0.25, 0.3) is 0 Å². The van der Waals surface area contributed by atoms with Gasteiger partial charge in [0.2, 0.25) is 0 Å². The van der Waals surface area contributed by atoms with Gasteiger partial charge in [-0.25, -0.2) is 8.78 Å². The quantitative estimate of drug-likeness (QED) is 0.316. The van der Waals surface area contributed by atoms with Crippen LogP contribution in [0.4, 0.5) is 8.78 Å². The first-order chi connectivity index (χ1) is 6.11. The third-order valence-corrected chi connectivity index (χ3v) is 1.44. The van der Waals surface area contributed by atoms with Crippen molar-refractivity contribution in [1.82, 2.24) is 0 Å². The van der Waals surface area contributed by atoms with E-state index in [1.54, 1.807) is 0 Å². The summed E-state index contributed by atoms with van der Waals surface area (Å²) in [6, 6.07) is 3.01. The Balaban J connectivity index is 2.89. The Bertz CT molecular complexity index is 319. The summed E-state index contributed by atoms with van der Waals surface area (Å²) < 4.78 is 25.2. The average Bonchev–Trinajstić information content (AvgIpc) is 2.02. The first kappa shape index (κ1) is 9.44. The normalized spacial score (nSPS) is 11.7. The van der Waals surface area contributed by atoms with Crippen LogP contribution in [0.5, 0.6) is 0 Å². The molecular formula is C8H8F2N2O. The molecule has 0 atom stereocenters. The fourth-order valence-corrected chi connectivity index (χ4v) is 0.958. The van der Waals surface area contributed by atoms with Crippen molar-refractivity contribution in [2.24, 2.45) is 10.9 Å². The highest BCUT2D eigenvalue weighted by Gasteiger charge is 2.02. The van der Waals surface area contributed by atoms with Gasteiger partial charge in [-0.3, -0.25) is 0 Å². The fraction of sp³-hybridized carbons (Fsp3) is 0.125. The zero-order valence-electron chi connectivity index (χ0n) is 6.67. The molecule has 0 amide bonds. The van der Waals surface area contributed by atoms with Gasteiger partial charge in [0.05, 0.1) is 0 Å². The number of nitrogens with zero attached hydrogens (tertiary/aromatic N) is 1. The van der Waals surface area contributed by atoms with Crippen molar-refractivity contribution in [2.45, 2.75) is 6.42 Å². The van der Waals surface area contributed by atoms with Crippen LogP contribution in [0.3, 0.4) is 0 Å². The van der Waals surface area contributed by atoms with Gasteiger partial charge in [-0.1, -0.05) is 5.16 Å². The van der Waals surface area contributed by atoms with Crippen molar-refractivity contribution in [3.8, 4) is 0 Å². The molecule has 0 unspecified atom stereocenters. The van der Waals surface area contributed by atoms with E-state index in [4.69, 9.17) is 10.9 Å². The van der Waals surface area contributed by atoms with Gasteiger partial charge >= 0.3 is 0 Å². The van der Waals surface area contributed by atoms with Crippen molar-refractivity contribution in [2.75, 3.05) is 0 Å². The lowest BCUT2D eigenvalue weighted by molar-refractivity contribution is 0.317. The van der Waals surface area contributed by atoms with Gasteiger partial charge in [-0.05, 0) is 17.7 Å². The molecule has 1 aromatic rings. The van der Waals surface area contributed by atoms with Crippen LogP contribution in [-0.2, 0) is 6.42 Å². The van der Waals surface area contributed by atoms with Crippen LogP contribution in [0.1, 0.15) is 5.56 Å². The Morgan fingerprint density at radius 2 is 1.85 bits per heavy atom. The van der Waals surface area contributed by atoms with Crippen molar-refractivity contribution in [1.29, 1.82) is 0 Å². The lowest BCUT2D eigenvalue weighted by Crippen LogP contribution is -2.14. The number of nitrogens with two attached hydrogens (primary N) is 1. The molecule has 0 heterocycles. The topological polar surface area (TPSA) is 58.6 Å². The van der Waals surface area contributed by atoms with E-state index in [2.05, 4.69) is 5.16 Å². The lowest BCUT2D eigenvalue weighted by atomic mass is 10.1. The molecule has 0 saturated carbocycles. The Kier molecular flexibility index (Phi) is 2.79. The first-order valence-corrected chi connectivity index (χ1v) is 3.53. The van der Waals surface area contributed by atoms with Crippen molar-refractivity contribution >= 4 is 5.84 Å². The van der Waals surface area contributed by atoms with Crippen LogP contribution in [0.2, 0.25) is 0 Å². The highest BCUT2D eigenvalue weighted by atomic mass is 19.1. The summed E-state index contributed by atoms with van der Waals surface area (Å²) >= 11 is 0. The molecule has 0 radical (unpaired) electrons. The number of hydrogen-bond acceptors (Lipinski definition) is 2. The third kappa shape index (κ3) is 2.70. The van der Waals surface area contributed by atoms with Gasteiger partial charge < -0.3 is 10.9 Å². The zero-order chi connectivity index (χ0) is 9.84. The molecule has 0 fully saturated rings. The van der Waals surface area contributed by atoms with E-state index in [1.807, 2.05) is 0 Å². The van der Waals surface area contributed by atoms with Crippen LogP contribution in [0.15, 0.2) is 23.4 Å². The van der Waals surface area contributed by atoms with Gasteiger partial charge in [-0.15, -0.1) is 0 Å². The van der Waals surface area contributed by atoms with Crippen LogP contribution in [-0.4, -0.2) is 11.0 Å². The standard InChI is InChI=1S/C8H8F2N2O/c9-6-1-5(2-7(10)4-6)3-8(11)12-13/h1-2,4,13H,3H2,(H2,11,12). The second-order valence-corrected chi connectivity index (χ2v) is 2.55. The summed E-state index contributed by atoms with van der Waals surface area (Å²) in [5, 5.41) is 10.9. The van der Waals surface area contributed by atoms with E-state index < -0.39 is 11.6 Å². The summed E-state index contributed by atoms with van der Waals surface area (Å²) in [7, 11) is 0. The van der Waals surface area contributed by atoms with E-state index in [1.165, 1.54) is 0 Å². The number of hydrogen-bond donors (Lipinski definition) is 2. The molecule has 0 aromatic heterocycles. The molecule has 0 aliphatic rings. The molecule has 0 spiro atoms. The van der Waals surface area contributed by atoms with E-state index in [0.29, 0.717) is 5.56 Å². The summed E-state index contributed by atoms with van der Waals surface area (Å²) in [6.07, 6.45) is 0.0190. The highest BCUT2D eigenvalue weighted by Crippen LogP contribution is 2.08. The molecule has 13 heavy (non-hydrogen) atoms. The van der Waals surface area contributed by atoms with Crippen molar-refractivity contribution in [3.05, 3.63) is 35.4 Å². The lowest BCUT2D eigenvalue weighted by Gasteiger charge is -1.99. The average molecular weight is 186 g/mol. The maximum Gasteiger partial charge on any atom is 0.143 e. The van der Waals surface area contributed by atoms with Gasteiger partial charge in [-0.2, -0.15) is 0 Å². The minimum atomic E-state index is -0.680. The molecule has 0 saturated heterocycles. The molecule has 70 valence electrons. The summed E-state index contributed by atoms with van der Waals surface area (Å²) in [5.74, 6) is -1.45. The van der Waals surface area contributed by atoms with Crippen LogP contribution in [0.25, 0.3) is 0 Å². The predicted octanol–water partition coefficient (Wildman–Crippen LogP) is 1.25. The number of halogens is 2. The predicted molar refractivity (Wildman–Crippen MR) is 43.5 cm³/mol. The van der Waals surface area contributed by atoms with Gasteiger partial charge in [0.15, 0.2) is 0 Å². The molecule has 0 bridgehead atoms. The Hall–Kier alpha value is -1.65. The maximum atomic E-state index is 12.6. The smallest absolute Gasteiger partial charge is 0.143 e. The molecule has 5 heteroatoms. The number of oxime groups is 1. The first-order valence-electron chi connectivity index (χ1n) is 3.53. The molecule has 3 N–H and O–H groups in total. The molecule has 0 aliphatic carbocycles. The van der Waals surface area contributed by atoms with E-state index >= 15 is 0 Å². The largest absolute Gasteiger partial charge is 0.409 e. The fourth-order valence-electron chi connectivity index (χ4n) is 0.958. The summed E-state index contributed by atoms with van der Waals surface area (Å²) in [5.41, 5.74) is 5.49. The van der Waals surface area contributed by atoms with Gasteiger partial charge in [0.1, 0.15) is 17.5 Å². The Morgan fingerprint density at radius 1 is 1.31 bits per heavy atom. The third-order valence-electron chi connectivity index (χ3n) is 1.44. The minimum Gasteiger partial charge on any atom is -0.409 e. The second kappa shape index (κ2) is 3.84. The van der Waals surface area contributed by atoms with Crippen LogP contribution >= 0.6 is 0 Å². The highest BCUT2D eigenvalue weighted by molar-refractivity contribution is 5.81. The van der Waals surface area contributed by atoms with Crippen LogP contribution < -0.4 is 5.73 Å². The monoisotopic (exact) mass is 186 g/mol. The van der Waals surface area contributed by atoms with E-state index in [9.17, 15) is 8.78 Å². The summed E-state index contributed by atoms with van der Waals surface area (Å²) in [4.78, 5) is 0. The van der Waals surface area contributed by atoms with Gasteiger partial charge in [0, 0.05) is 12.5 Å². The van der Waals surface area contributed by atoms with E-state index in [0.717, 1.165) is 18.2 Å². The SMILES string of the molecule is N/C(Cc1cc(F)cc(F)c1)=N\O. The molecule has 1 aromatic carbocycles. The number of amidine groups is 1. The zero-order valence-corrected chi connectivity index (χ0v) is 6.67. The molecular weight excluding hydrogens is 178 g/mol. The maximum absolute atomic E-state index is 12.6. The van der Waals surface area contributed by atoms with Crippen LogP contribution in [0, 0.1) is 11.6 Å². The Morgan fingerprint density at radius 3 is 2.31 bits per heavy atom. The molecule has 1 rings (SSSR count). The number of rotatable bonds is 2. The minimum absolute atomic E-state index is 0.0190. The molecule has 3 nitrogen and oxygen atoms in total. The Labute approximate surface area is 73.5 Å².